The molecule has 0 aliphatic carbocycles. The molecule has 0 bridgehead atoms. The zero-order valence-corrected chi connectivity index (χ0v) is 11.5. The van der Waals surface area contributed by atoms with Gasteiger partial charge in [0.1, 0.15) is 5.82 Å². The average Bonchev–Trinajstić information content (AvgIpc) is 2.32. The van der Waals surface area contributed by atoms with E-state index in [0.29, 0.717) is 13.1 Å². The maximum absolute atomic E-state index is 13.3. The highest BCUT2D eigenvalue weighted by Crippen LogP contribution is 2.17. The van der Waals surface area contributed by atoms with Crippen LogP contribution in [0.25, 0.3) is 0 Å². The van der Waals surface area contributed by atoms with Crippen LogP contribution >= 0.6 is 11.6 Å². The van der Waals surface area contributed by atoms with Crippen LogP contribution in [0.15, 0.2) is 18.2 Å². The molecule has 0 aromatic heterocycles. The first-order valence-corrected chi connectivity index (χ1v) is 6.32. The molecular formula is C13H19ClFN3. The molecule has 0 saturated heterocycles. The van der Waals surface area contributed by atoms with Gasteiger partial charge in [0.15, 0.2) is 0 Å². The molecule has 0 aliphatic rings. The van der Waals surface area contributed by atoms with E-state index in [1.807, 2.05) is 19.9 Å². The molecule has 0 amide bonds. The fraction of sp³-hybridized carbons (Fsp3) is 0.462. The molecule has 0 radical (unpaired) electrons. The van der Waals surface area contributed by atoms with Gasteiger partial charge in [-0.2, -0.15) is 0 Å². The lowest BCUT2D eigenvalue weighted by Gasteiger charge is -2.23. The van der Waals surface area contributed by atoms with E-state index in [0.717, 1.165) is 12.1 Å². The lowest BCUT2D eigenvalue weighted by molar-refractivity contribution is 0.263. The number of halogens is 2. The molecule has 0 saturated carbocycles. The fourth-order valence-electron chi connectivity index (χ4n) is 1.69. The SMILES string of the molecule is CCN(Cc1ccc(Cl)c(F)c1)CC(C)C(=N)N. The molecule has 0 spiro atoms. The number of nitrogens with zero attached hydrogens (tertiary/aromatic N) is 1. The summed E-state index contributed by atoms with van der Waals surface area (Å²) in [4.78, 5) is 2.12. The molecule has 5 heteroatoms. The van der Waals surface area contributed by atoms with Crippen LogP contribution in [0.5, 0.6) is 0 Å². The van der Waals surface area contributed by atoms with Gasteiger partial charge in [0.05, 0.1) is 10.9 Å². The van der Waals surface area contributed by atoms with Gasteiger partial charge in [-0.1, -0.05) is 31.5 Å². The van der Waals surface area contributed by atoms with E-state index in [4.69, 9.17) is 22.7 Å². The predicted octanol–water partition coefficient (Wildman–Crippen LogP) is 2.87. The summed E-state index contributed by atoms with van der Waals surface area (Å²) in [6, 6.07) is 4.82. The van der Waals surface area contributed by atoms with E-state index in [1.54, 1.807) is 6.07 Å². The second-order valence-corrected chi connectivity index (χ2v) is 4.84. The Morgan fingerprint density at radius 2 is 2.22 bits per heavy atom. The molecule has 1 atom stereocenters. The summed E-state index contributed by atoms with van der Waals surface area (Å²) in [5.41, 5.74) is 6.33. The van der Waals surface area contributed by atoms with Crippen molar-refractivity contribution in [3.63, 3.8) is 0 Å². The summed E-state index contributed by atoms with van der Waals surface area (Å²) >= 11 is 5.64. The Labute approximate surface area is 112 Å². The topological polar surface area (TPSA) is 53.1 Å². The van der Waals surface area contributed by atoms with Crippen LogP contribution in [-0.4, -0.2) is 23.8 Å². The summed E-state index contributed by atoms with van der Waals surface area (Å²) in [6.45, 7) is 6.08. The minimum Gasteiger partial charge on any atom is -0.387 e. The van der Waals surface area contributed by atoms with E-state index >= 15 is 0 Å². The largest absolute Gasteiger partial charge is 0.387 e. The van der Waals surface area contributed by atoms with Gasteiger partial charge < -0.3 is 5.73 Å². The molecule has 3 N–H and O–H groups in total. The highest BCUT2D eigenvalue weighted by atomic mass is 35.5. The van der Waals surface area contributed by atoms with Crippen molar-refractivity contribution >= 4 is 17.4 Å². The molecule has 18 heavy (non-hydrogen) atoms. The summed E-state index contributed by atoms with van der Waals surface area (Å²) in [7, 11) is 0. The van der Waals surface area contributed by atoms with Crippen LogP contribution in [0.2, 0.25) is 5.02 Å². The van der Waals surface area contributed by atoms with Gasteiger partial charge in [-0.05, 0) is 24.2 Å². The summed E-state index contributed by atoms with van der Waals surface area (Å²) in [6.07, 6.45) is 0. The number of nitrogens with two attached hydrogens (primary N) is 1. The first-order chi connectivity index (χ1) is 8.43. The van der Waals surface area contributed by atoms with Crippen LogP contribution in [0.1, 0.15) is 19.4 Å². The van der Waals surface area contributed by atoms with Gasteiger partial charge in [-0.3, -0.25) is 10.3 Å². The van der Waals surface area contributed by atoms with Crippen molar-refractivity contribution in [2.24, 2.45) is 11.7 Å². The van der Waals surface area contributed by atoms with Crippen molar-refractivity contribution in [2.75, 3.05) is 13.1 Å². The second kappa shape index (κ2) is 6.71. The van der Waals surface area contributed by atoms with Gasteiger partial charge in [0.25, 0.3) is 0 Å². The zero-order valence-electron chi connectivity index (χ0n) is 10.7. The predicted molar refractivity (Wildman–Crippen MR) is 73.4 cm³/mol. The monoisotopic (exact) mass is 271 g/mol. The van der Waals surface area contributed by atoms with Crippen molar-refractivity contribution in [3.05, 3.63) is 34.6 Å². The molecule has 1 rings (SSSR count). The Morgan fingerprint density at radius 3 is 2.72 bits per heavy atom. The number of nitrogens with one attached hydrogen (secondary N) is 1. The van der Waals surface area contributed by atoms with Crippen LogP contribution in [0, 0.1) is 17.1 Å². The molecule has 0 aliphatic heterocycles. The van der Waals surface area contributed by atoms with Gasteiger partial charge >= 0.3 is 0 Å². The standard InChI is InChI=1S/C13H19ClFN3/c1-3-18(7-9(2)13(16)17)8-10-4-5-11(14)12(15)6-10/h4-6,9H,3,7-8H2,1-2H3,(H3,16,17). The van der Waals surface area contributed by atoms with Gasteiger partial charge in [-0.25, -0.2) is 4.39 Å². The van der Waals surface area contributed by atoms with Gasteiger partial charge in [0.2, 0.25) is 0 Å². The summed E-state index contributed by atoms with van der Waals surface area (Å²) in [5.74, 6) is -0.220. The molecule has 1 unspecified atom stereocenters. The molecule has 0 heterocycles. The van der Waals surface area contributed by atoms with Crippen LogP contribution < -0.4 is 5.73 Å². The Kier molecular flexibility index (Phi) is 5.56. The Morgan fingerprint density at radius 1 is 1.56 bits per heavy atom. The Bertz CT molecular complexity index is 423. The third kappa shape index (κ3) is 4.27. The molecule has 1 aromatic carbocycles. The zero-order chi connectivity index (χ0) is 13.7. The normalized spacial score (nSPS) is 12.7. The fourth-order valence-corrected chi connectivity index (χ4v) is 1.80. The third-order valence-corrected chi connectivity index (χ3v) is 3.21. The molecule has 100 valence electrons. The first-order valence-electron chi connectivity index (χ1n) is 5.94. The quantitative estimate of drug-likeness (QED) is 0.617. The Hall–Kier alpha value is -1.13. The smallest absolute Gasteiger partial charge is 0.142 e. The number of benzene rings is 1. The summed E-state index contributed by atoms with van der Waals surface area (Å²) in [5, 5.41) is 7.52. The van der Waals surface area contributed by atoms with Crippen molar-refractivity contribution in [3.8, 4) is 0 Å². The van der Waals surface area contributed by atoms with Gasteiger partial charge in [-0.15, -0.1) is 0 Å². The molecular weight excluding hydrogens is 253 g/mol. The number of amidine groups is 1. The maximum atomic E-state index is 13.3. The van der Waals surface area contributed by atoms with E-state index in [2.05, 4.69) is 4.90 Å². The van der Waals surface area contributed by atoms with Crippen LogP contribution in [0.3, 0.4) is 0 Å². The second-order valence-electron chi connectivity index (χ2n) is 4.43. The Balaban J connectivity index is 2.67. The number of hydrogen-bond donors (Lipinski definition) is 2. The highest BCUT2D eigenvalue weighted by molar-refractivity contribution is 6.30. The average molecular weight is 272 g/mol. The van der Waals surface area contributed by atoms with E-state index in [9.17, 15) is 4.39 Å². The third-order valence-electron chi connectivity index (χ3n) is 2.90. The molecule has 3 nitrogen and oxygen atoms in total. The minimum atomic E-state index is -0.398. The van der Waals surface area contributed by atoms with E-state index < -0.39 is 5.82 Å². The lowest BCUT2D eigenvalue weighted by atomic mass is 10.1. The summed E-state index contributed by atoms with van der Waals surface area (Å²) < 4.78 is 13.3. The number of hydrogen-bond acceptors (Lipinski definition) is 2. The first kappa shape index (κ1) is 14.9. The highest BCUT2D eigenvalue weighted by Gasteiger charge is 2.12. The minimum absolute atomic E-state index is 0.00194. The lowest BCUT2D eigenvalue weighted by Crippen LogP contribution is -2.34. The number of rotatable bonds is 6. The van der Waals surface area contributed by atoms with Gasteiger partial charge in [0, 0.05) is 19.0 Å². The van der Waals surface area contributed by atoms with E-state index in [-0.39, 0.29) is 16.8 Å². The maximum Gasteiger partial charge on any atom is 0.142 e. The van der Waals surface area contributed by atoms with E-state index in [1.165, 1.54) is 6.07 Å². The van der Waals surface area contributed by atoms with Crippen molar-refractivity contribution in [2.45, 2.75) is 20.4 Å². The van der Waals surface area contributed by atoms with Crippen molar-refractivity contribution in [1.82, 2.24) is 4.90 Å². The molecule has 1 aromatic rings. The van der Waals surface area contributed by atoms with Crippen LogP contribution in [0.4, 0.5) is 4.39 Å². The van der Waals surface area contributed by atoms with Crippen molar-refractivity contribution < 1.29 is 4.39 Å². The van der Waals surface area contributed by atoms with Crippen molar-refractivity contribution in [1.29, 1.82) is 5.41 Å². The molecule has 0 fully saturated rings. The van der Waals surface area contributed by atoms with Crippen LogP contribution in [-0.2, 0) is 6.54 Å².